The first-order chi connectivity index (χ1) is 23.1. The predicted molar refractivity (Wildman–Crippen MR) is 206 cm³/mol. The zero-order chi connectivity index (χ0) is 34.8. The Hall–Kier alpha value is -2.82. The number of hydrogen-bond donors (Lipinski definition) is 1. The standard InChI is InChI=1S/C29H31NO4S.C12H27P/c1-29(2,3)34-27(31)17-20(19-35-21-11-5-4-6-12-21)30-28(32)33-18-26-24-15-9-7-13-22(24)23-14-8-10-16-25(23)26;1-4-7-10-13(11-8-5-2)12-9-6-3/h4-16,20,26H,17-19H2,1-3H3,(H,30,32);4-12H2,1-3H3/t20-;/m1./s1. The van der Waals surface area contributed by atoms with Crippen LogP contribution in [0.2, 0.25) is 0 Å². The van der Waals surface area contributed by atoms with E-state index in [0.29, 0.717) is 13.7 Å². The summed E-state index contributed by atoms with van der Waals surface area (Å²) in [5, 5.41) is 2.89. The van der Waals surface area contributed by atoms with Crippen molar-refractivity contribution in [3.63, 3.8) is 0 Å². The smallest absolute Gasteiger partial charge is 0.407 e. The van der Waals surface area contributed by atoms with Gasteiger partial charge in [-0.1, -0.05) is 107 Å². The third-order valence-corrected chi connectivity index (χ3v) is 12.2. The van der Waals surface area contributed by atoms with Gasteiger partial charge in [0.15, 0.2) is 0 Å². The number of thioether (sulfide) groups is 1. The first kappa shape index (κ1) is 39.6. The minimum atomic E-state index is -0.585. The molecule has 262 valence electrons. The van der Waals surface area contributed by atoms with Crippen LogP contribution in [0.5, 0.6) is 0 Å². The van der Waals surface area contributed by atoms with Crippen LogP contribution < -0.4 is 5.32 Å². The number of unbranched alkanes of at least 4 members (excludes halogenated alkanes) is 3. The molecule has 0 unspecified atom stereocenters. The molecule has 0 radical (unpaired) electrons. The van der Waals surface area contributed by atoms with Gasteiger partial charge in [0.05, 0.1) is 12.5 Å². The molecule has 1 atom stereocenters. The Kier molecular flexibility index (Phi) is 17.6. The molecule has 0 aliphatic heterocycles. The van der Waals surface area contributed by atoms with Crippen LogP contribution in [-0.4, -0.2) is 54.6 Å². The molecule has 1 N–H and O–H groups in total. The first-order valence-electron chi connectivity index (χ1n) is 17.9. The highest BCUT2D eigenvalue weighted by Crippen LogP contribution is 2.44. The van der Waals surface area contributed by atoms with Crippen LogP contribution in [0, 0.1) is 0 Å². The summed E-state index contributed by atoms with van der Waals surface area (Å²) >= 11 is 1.58. The molecule has 0 saturated heterocycles. The lowest BCUT2D eigenvalue weighted by Crippen LogP contribution is -2.40. The Morgan fingerprint density at radius 1 is 0.771 bits per heavy atom. The lowest BCUT2D eigenvalue weighted by Gasteiger charge is -2.23. The number of carbonyl (C=O) groups is 2. The lowest BCUT2D eigenvalue weighted by molar-refractivity contribution is -0.155. The van der Waals surface area contributed by atoms with Gasteiger partial charge in [-0.2, -0.15) is 0 Å². The predicted octanol–water partition coefficient (Wildman–Crippen LogP) is 11.3. The van der Waals surface area contributed by atoms with E-state index in [4.69, 9.17) is 9.47 Å². The van der Waals surface area contributed by atoms with Gasteiger partial charge in [-0.05, 0) is 92.9 Å². The van der Waals surface area contributed by atoms with Gasteiger partial charge in [0, 0.05) is 16.6 Å². The van der Waals surface area contributed by atoms with E-state index in [9.17, 15) is 9.59 Å². The monoisotopic (exact) mass is 691 g/mol. The molecule has 7 heteroatoms. The summed E-state index contributed by atoms with van der Waals surface area (Å²) in [6, 6.07) is 25.9. The van der Waals surface area contributed by atoms with Crippen molar-refractivity contribution in [2.75, 3.05) is 30.8 Å². The van der Waals surface area contributed by atoms with Crippen LogP contribution in [-0.2, 0) is 14.3 Å². The fourth-order valence-electron chi connectivity index (χ4n) is 5.74. The number of hydrogen-bond acceptors (Lipinski definition) is 5. The number of rotatable bonds is 17. The summed E-state index contributed by atoms with van der Waals surface area (Å²) in [5.74, 6) is 0.152. The highest BCUT2D eigenvalue weighted by Gasteiger charge is 2.29. The van der Waals surface area contributed by atoms with Crippen molar-refractivity contribution < 1.29 is 19.1 Å². The first-order valence-corrected chi connectivity index (χ1v) is 20.8. The average molecular weight is 692 g/mol. The fourth-order valence-corrected chi connectivity index (χ4v) is 9.64. The third kappa shape index (κ3) is 14.0. The molecule has 3 aromatic carbocycles. The van der Waals surface area contributed by atoms with E-state index in [2.05, 4.69) is 50.4 Å². The molecule has 0 saturated carbocycles. The molecule has 5 nitrogen and oxygen atoms in total. The van der Waals surface area contributed by atoms with Gasteiger partial charge < -0.3 is 14.8 Å². The number of benzene rings is 3. The minimum absolute atomic E-state index is 0.0175. The van der Waals surface area contributed by atoms with E-state index in [-0.39, 0.29) is 24.9 Å². The highest BCUT2D eigenvalue weighted by atomic mass is 32.2. The Labute approximate surface area is 296 Å². The summed E-state index contributed by atoms with van der Waals surface area (Å²) in [5.41, 5.74) is 4.09. The third-order valence-electron chi connectivity index (χ3n) is 8.18. The van der Waals surface area contributed by atoms with Gasteiger partial charge in [-0.3, -0.25) is 4.79 Å². The molecule has 48 heavy (non-hydrogen) atoms. The number of esters is 1. The van der Waals surface area contributed by atoms with Crippen LogP contribution in [0.3, 0.4) is 0 Å². The zero-order valence-electron chi connectivity index (χ0n) is 30.1. The van der Waals surface area contributed by atoms with Gasteiger partial charge >= 0.3 is 12.1 Å². The topological polar surface area (TPSA) is 64.6 Å². The second-order valence-electron chi connectivity index (χ2n) is 13.5. The molecule has 1 aliphatic carbocycles. The lowest BCUT2D eigenvalue weighted by atomic mass is 9.98. The van der Waals surface area contributed by atoms with Gasteiger partial charge in [-0.25, -0.2) is 4.79 Å². The van der Waals surface area contributed by atoms with Crippen molar-refractivity contribution in [1.29, 1.82) is 0 Å². The van der Waals surface area contributed by atoms with Crippen LogP contribution in [0.4, 0.5) is 4.79 Å². The Bertz CT molecular complexity index is 1310. The average Bonchev–Trinajstić information content (AvgIpc) is 3.39. The Balaban J connectivity index is 0.000000408. The summed E-state index contributed by atoms with van der Waals surface area (Å²) in [7, 11) is 0.422. The fraction of sp³-hybridized carbons (Fsp3) is 0.512. The molecule has 0 spiro atoms. The quantitative estimate of drug-likeness (QED) is 0.0867. The van der Waals surface area contributed by atoms with E-state index in [1.54, 1.807) is 30.2 Å². The van der Waals surface area contributed by atoms with Crippen molar-refractivity contribution >= 4 is 31.7 Å². The second-order valence-corrected chi connectivity index (χ2v) is 17.3. The molecule has 0 aromatic heterocycles. The van der Waals surface area contributed by atoms with Crippen LogP contribution in [0.25, 0.3) is 11.1 Å². The van der Waals surface area contributed by atoms with Crippen molar-refractivity contribution in [2.24, 2.45) is 0 Å². The molecular formula is C41H58NO4PS. The molecule has 0 bridgehead atoms. The number of nitrogens with one attached hydrogen (secondary N) is 1. The Morgan fingerprint density at radius 2 is 1.27 bits per heavy atom. The summed E-state index contributed by atoms with van der Waals surface area (Å²) in [6.45, 7) is 12.7. The number of ether oxygens (including phenoxy) is 2. The van der Waals surface area contributed by atoms with E-state index < -0.39 is 17.7 Å². The number of carbonyl (C=O) groups excluding carboxylic acids is 2. The van der Waals surface area contributed by atoms with Crippen LogP contribution >= 0.6 is 19.7 Å². The summed E-state index contributed by atoms with van der Waals surface area (Å²) in [6.07, 6.45) is 12.8. The van der Waals surface area contributed by atoms with Gasteiger partial charge in [-0.15, -0.1) is 19.7 Å². The second kappa shape index (κ2) is 21.3. The van der Waals surface area contributed by atoms with Crippen molar-refractivity contribution in [1.82, 2.24) is 5.32 Å². The number of fused-ring (bicyclic) bond motifs is 3. The molecule has 0 fully saturated rings. The van der Waals surface area contributed by atoms with E-state index >= 15 is 0 Å². The highest BCUT2D eigenvalue weighted by molar-refractivity contribution is 7.99. The molecule has 1 aliphatic rings. The molecule has 1 amide bonds. The van der Waals surface area contributed by atoms with Crippen LogP contribution in [0.15, 0.2) is 83.8 Å². The number of amides is 1. The zero-order valence-corrected chi connectivity index (χ0v) is 31.8. The Morgan fingerprint density at radius 3 is 1.77 bits per heavy atom. The minimum Gasteiger partial charge on any atom is -0.460 e. The summed E-state index contributed by atoms with van der Waals surface area (Å²) in [4.78, 5) is 26.4. The number of alkyl carbamates (subject to hydrolysis) is 1. The normalized spacial score (nSPS) is 12.8. The molecular weight excluding hydrogens is 633 g/mol. The molecule has 0 heterocycles. The SMILES string of the molecule is CC(C)(C)OC(=O)C[C@H](CSc1ccccc1)NC(=O)OCC1c2ccccc2-c2ccccc21.CCCCP(CCCC)CCCC. The van der Waals surface area contributed by atoms with Crippen molar-refractivity contribution in [3.8, 4) is 11.1 Å². The largest absolute Gasteiger partial charge is 0.460 e. The van der Waals surface area contributed by atoms with Gasteiger partial charge in [0.25, 0.3) is 0 Å². The maximum atomic E-state index is 12.8. The maximum absolute atomic E-state index is 12.8. The van der Waals surface area contributed by atoms with Crippen molar-refractivity contribution in [2.45, 2.75) is 109 Å². The van der Waals surface area contributed by atoms with Crippen LogP contribution in [0.1, 0.15) is 104 Å². The molecule has 3 aromatic rings. The van der Waals surface area contributed by atoms with E-state index in [1.807, 2.05) is 75.4 Å². The van der Waals surface area contributed by atoms with Gasteiger partial charge in [0.2, 0.25) is 0 Å². The van der Waals surface area contributed by atoms with E-state index in [0.717, 1.165) is 16.0 Å². The van der Waals surface area contributed by atoms with Crippen molar-refractivity contribution in [3.05, 3.63) is 90.0 Å². The van der Waals surface area contributed by atoms with Gasteiger partial charge in [0.1, 0.15) is 12.2 Å². The maximum Gasteiger partial charge on any atom is 0.407 e. The van der Waals surface area contributed by atoms with E-state index in [1.165, 1.54) is 49.7 Å². The summed E-state index contributed by atoms with van der Waals surface area (Å²) < 4.78 is 11.2. The molecule has 4 rings (SSSR count).